The summed E-state index contributed by atoms with van der Waals surface area (Å²) in [6.07, 6.45) is 4.70. The topological polar surface area (TPSA) is 42.3 Å². The molecule has 1 amide bonds. The van der Waals surface area contributed by atoms with Crippen LogP contribution in [0.2, 0.25) is 0 Å². The lowest BCUT2D eigenvalue weighted by Gasteiger charge is -2.29. The van der Waals surface area contributed by atoms with Gasteiger partial charge in [-0.2, -0.15) is 0 Å². The molecular weight excluding hydrogens is 336 g/mol. The summed E-state index contributed by atoms with van der Waals surface area (Å²) in [6.45, 7) is 4.67. The SMILES string of the molecule is CCc1cccc2c(C(C)=O)cn(CC(=O)N3CCCc4ccccc43)c12. The molecule has 2 aromatic carbocycles. The fourth-order valence-electron chi connectivity index (χ4n) is 4.15. The Balaban J connectivity index is 1.74. The van der Waals surface area contributed by atoms with Crippen molar-refractivity contribution in [2.75, 3.05) is 11.4 Å². The zero-order valence-corrected chi connectivity index (χ0v) is 15.9. The molecule has 1 aliphatic rings. The number of hydrogen-bond acceptors (Lipinski definition) is 2. The van der Waals surface area contributed by atoms with Crippen molar-refractivity contribution in [2.45, 2.75) is 39.7 Å². The molecule has 0 aliphatic carbocycles. The Labute approximate surface area is 159 Å². The summed E-state index contributed by atoms with van der Waals surface area (Å²) in [5.41, 5.74) is 5.10. The summed E-state index contributed by atoms with van der Waals surface area (Å²) in [5.74, 6) is 0.0998. The third kappa shape index (κ3) is 3.05. The standard InChI is InChI=1S/C23H24N2O2/c1-3-17-9-6-11-19-20(16(2)26)14-24(23(17)19)15-22(27)25-13-7-10-18-8-4-5-12-21(18)25/h4-6,8-9,11-12,14H,3,7,10,13,15H2,1-2H3. The minimum Gasteiger partial charge on any atom is -0.337 e. The molecule has 0 fully saturated rings. The molecule has 0 spiro atoms. The van der Waals surface area contributed by atoms with Crippen LogP contribution in [0.5, 0.6) is 0 Å². The molecule has 4 rings (SSSR count). The van der Waals surface area contributed by atoms with E-state index in [9.17, 15) is 9.59 Å². The van der Waals surface area contributed by atoms with Gasteiger partial charge in [0, 0.05) is 29.4 Å². The number of ketones is 1. The van der Waals surface area contributed by atoms with Gasteiger partial charge in [0.05, 0.1) is 5.52 Å². The Kier molecular flexibility index (Phi) is 4.56. The highest BCUT2D eigenvalue weighted by molar-refractivity contribution is 6.08. The molecule has 2 heterocycles. The first-order chi connectivity index (χ1) is 13.1. The molecule has 0 unspecified atom stereocenters. The molecule has 4 nitrogen and oxygen atoms in total. The van der Waals surface area contributed by atoms with Crippen molar-refractivity contribution in [3.05, 3.63) is 65.4 Å². The van der Waals surface area contributed by atoms with Crippen LogP contribution in [0, 0.1) is 0 Å². The normalized spacial score (nSPS) is 13.6. The first kappa shape index (κ1) is 17.5. The molecule has 0 atom stereocenters. The Morgan fingerprint density at radius 3 is 2.67 bits per heavy atom. The zero-order chi connectivity index (χ0) is 19.0. The minimum atomic E-state index is 0.0303. The van der Waals surface area contributed by atoms with E-state index in [0.717, 1.165) is 48.0 Å². The molecule has 0 N–H and O–H groups in total. The maximum absolute atomic E-state index is 13.2. The smallest absolute Gasteiger partial charge is 0.246 e. The van der Waals surface area contributed by atoms with Crippen LogP contribution in [-0.2, 0) is 24.2 Å². The van der Waals surface area contributed by atoms with Gasteiger partial charge in [0.2, 0.25) is 5.91 Å². The highest BCUT2D eigenvalue weighted by Gasteiger charge is 2.23. The fraction of sp³-hybridized carbons (Fsp3) is 0.304. The maximum atomic E-state index is 13.2. The van der Waals surface area contributed by atoms with Gasteiger partial charge in [-0.15, -0.1) is 0 Å². The lowest BCUT2D eigenvalue weighted by atomic mass is 10.0. The summed E-state index contributed by atoms with van der Waals surface area (Å²) in [4.78, 5) is 27.2. The van der Waals surface area contributed by atoms with Crippen LogP contribution < -0.4 is 4.90 Å². The van der Waals surface area contributed by atoms with Crippen LogP contribution in [0.25, 0.3) is 10.9 Å². The Morgan fingerprint density at radius 2 is 1.89 bits per heavy atom. The first-order valence-electron chi connectivity index (χ1n) is 9.60. The molecule has 4 heteroatoms. The number of carbonyl (C=O) groups excluding carboxylic acids is 2. The average molecular weight is 360 g/mol. The van der Waals surface area contributed by atoms with Crippen LogP contribution in [0.1, 0.15) is 41.8 Å². The number of amides is 1. The Morgan fingerprint density at radius 1 is 1.07 bits per heavy atom. The zero-order valence-electron chi connectivity index (χ0n) is 15.9. The average Bonchev–Trinajstić information content (AvgIpc) is 3.06. The van der Waals surface area contributed by atoms with E-state index in [-0.39, 0.29) is 18.2 Å². The molecule has 0 saturated heterocycles. The van der Waals surface area contributed by atoms with Crippen LogP contribution >= 0.6 is 0 Å². The van der Waals surface area contributed by atoms with E-state index in [4.69, 9.17) is 0 Å². The monoisotopic (exact) mass is 360 g/mol. The molecule has 138 valence electrons. The number of aromatic nitrogens is 1. The number of para-hydroxylation sites is 2. The number of carbonyl (C=O) groups is 2. The van der Waals surface area contributed by atoms with Crippen molar-refractivity contribution in [1.29, 1.82) is 0 Å². The van der Waals surface area contributed by atoms with Gasteiger partial charge in [-0.1, -0.05) is 43.3 Å². The number of aryl methyl sites for hydroxylation is 2. The van der Waals surface area contributed by atoms with Crippen LogP contribution in [-0.4, -0.2) is 22.8 Å². The van der Waals surface area contributed by atoms with Crippen LogP contribution in [0.3, 0.4) is 0 Å². The molecule has 0 radical (unpaired) electrons. The van der Waals surface area contributed by atoms with Crippen LogP contribution in [0.4, 0.5) is 5.69 Å². The molecule has 27 heavy (non-hydrogen) atoms. The Bertz CT molecular complexity index is 1030. The van der Waals surface area contributed by atoms with Gasteiger partial charge < -0.3 is 9.47 Å². The van der Waals surface area contributed by atoms with E-state index in [2.05, 4.69) is 19.1 Å². The lowest BCUT2D eigenvalue weighted by Crippen LogP contribution is -2.37. The Hall–Kier alpha value is -2.88. The third-order valence-electron chi connectivity index (χ3n) is 5.46. The summed E-state index contributed by atoms with van der Waals surface area (Å²) in [7, 11) is 0. The minimum absolute atomic E-state index is 0.0303. The molecule has 1 aromatic heterocycles. The van der Waals surface area contributed by atoms with E-state index in [1.54, 1.807) is 6.92 Å². The summed E-state index contributed by atoms with van der Waals surface area (Å²) < 4.78 is 1.96. The van der Waals surface area contributed by atoms with Crippen molar-refractivity contribution in [2.24, 2.45) is 0 Å². The van der Waals surface area contributed by atoms with Crippen molar-refractivity contribution in [1.82, 2.24) is 4.57 Å². The highest BCUT2D eigenvalue weighted by atomic mass is 16.2. The van der Waals surface area contributed by atoms with Crippen molar-refractivity contribution in [3.63, 3.8) is 0 Å². The van der Waals surface area contributed by atoms with Crippen LogP contribution in [0.15, 0.2) is 48.7 Å². The molecule has 1 aliphatic heterocycles. The number of nitrogens with zero attached hydrogens (tertiary/aromatic N) is 2. The van der Waals surface area contributed by atoms with E-state index in [0.29, 0.717) is 5.56 Å². The predicted molar refractivity (Wildman–Crippen MR) is 108 cm³/mol. The second-order valence-corrected chi connectivity index (χ2v) is 7.17. The van der Waals surface area contributed by atoms with Gasteiger partial charge in [-0.3, -0.25) is 9.59 Å². The quantitative estimate of drug-likeness (QED) is 0.648. The number of benzene rings is 2. The number of Topliss-reactive ketones (excluding diaryl/α,β-unsaturated/α-hetero) is 1. The second kappa shape index (κ2) is 7.03. The fourth-order valence-corrected chi connectivity index (χ4v) is 4.15. The van der Waals surface area contributed by atoms with Crippen molar-refractivity contribution < 1.29 is 9.59 Å². The predicted octanol–water partition coefficient (Wildman–Crippen LogP) is 4.39. The van der Waals surface area contributed by atoms with Gasteiger partial charge in [0.25, 0.3) is 0 Å². The summed E-state index contributed by atoms with van der Waals surface area (Å²) >= 11 is 0. The molecule has 0 saturated carbocycles. The number of anilines is 1. The summed E-state index contributed by atoms with van der Waals surface area (Å²) in [6, 6.07) is 14.2. The number of rotatable bonds is 4. The third-order valence-corrected chi connectivity index (χ3v) is 5.46. The van der Waals surface area contributed by atoms with Gasteiger partial charge in [-0.25, -0.2) is 0 Å². The summed E-state index contributed by atoms with van der Waals surface area (Å²) in [5, 5.41) is 0.939. The number of hydrogen-bond donors (Lipinski definition) is 0. The van der Waals surface area contributed by atoms with E-state index in [1.165, 1.54) is 5.56 Å². The van der Waals surface area contributed by atoms with E-state index in [1.807, 2.05) is 46.0 Å². The largest absolute Gasteiger partial charge is 0.337 e. The molecule has 3 aromatic rings. The van der Waals surface area contributed by atoms with E-state index >= 15 is 0 Å². The van der Waals surface area contributed by atoms with Gasteiger partial charge in [0.15, 0.2) is 5.78 Å². The van der Waals surface area contributed by atoms with Gasteiger partial charge in [0.1, 0.15) is 6.54 Å². The van der Waals surface area contributed by atoms with E-state index < -0.39 is 0 Å². The second-order valence-electron chi connectivity index (χ2n) is 7.17. The maximum Gasteiger partial charge on any atom is 0.246 e. The van der Waals surface area contributed by atoms with Gasteiger partial charge >= 0.3 is 0 Å². The van der Waals surface area contributed by atoms with Crippen molar-refractivity contribution >= 4 is 28.3 Å². The molecular formula is C23H24N2O2. The number of fused-ring (bicyclic) bond motifs is 2. The first-order valence-corrected chi connectivity index (χ1v) is 9.60. The highest BCUT2D eigenvalue weighted by Crippen LogP contribution is 2.29. The van der Waals surface area contributed by atoms with Crippen molar-refractivity contribution in [3.8, 4) is 0 Å². The molecule has 0 bridgehead atoms. The van der Waals surface area contributed by atoms with Gasteiger partial charge in [-0.05, 0) is 43.4 Å². The lowest BCUT2D eigenvalue weighted by molar-refractivity contribution is -0.119.